The molecule has 5 nitrogen and oxygen atoms in total. The van der Waals surface area contributed by atoms with Crippen LogP contribution in [-0.4, -0.2) is 31.6 Å². The Morgan fingerprint density at radius 2 is 2.33 bits per heavy atom. The normalized spacial score (nSPS) is 14.9. The number of hydrogen-bond acceptors (Lipinski definition) is 4. The zero-order valence-corrected chi connectivity index (χ0v) is 9.16. The van der Waals surface area contributed by atoms with Gasteiger partial charge < -0.3 is 9.67 Å². The molecule has 15 heavy (non-hydrogen) atoms. The third-order valence-electron chi connectivity index (χ3n) is 2.39. The van der Waals surface area contributed by atoms with E-state index in [1.165, 1.54) is 24.6 Å². The average Bonchev–Trinajstić information content (AvgIpc) is 2.62. The smallest absolute Gasteiger partial charge is 0.313 e. The number of rotatable bonds is 4. The summed E-state index contributed by atoms with van der Waals surface area (Å²) >= 11 is 1.37. The quantitative estimate of drug-likeness (QED) is 0.828. The molecule has 0 radical (unpaired) electrons. The highest BCUT2D eigenvalue weighted by Gasteiger charge is 2.15. The number of fused-ring (bicyclic) bond motifs is 1. The molecule has 0 spiro atoms. The molecule has 6 heteroatoms. The Kier molecular flexibility index (Phi) is 3.25. The van der Waals surface area contributed by atoms with Crippen LogP contribution in [0.1, 0.15) is 24.5 Å². The van der Waals surface area contributed by atoms with Crippen molar-refractivity contribution in [2.24, 2.45) is 0 Å². The number of carbonyl (C=O) groups is 1. The number of aliphatic carboxylic acids is 1. The van der Waals surface area contributed by atoms with Gasteiger partial charge in [0, 0.05) is 13.0 Å². The van der Waals surface area contributed by atoms with Gasteiger partial charge in [0.2, 0.25) is 0 Å². The van der Waals surface area contributed by atoms with Crippen molar-refractivity contribution < 1.29 is 9.90 Å². The number of carboxylic acid groups (broad SMARTS) is 1. The molecule has 1 aliphatic heterocycles. The summed E-state index contributed by atoms with van der Waals surface area (Å²) < 4.78 is 2.12. The summed E-state index contributed by atoms with van der Waals surface area (Å²) in [5.74, 6) is 1.95. The predicted molar refractivity (Wildman–Crippen MR) is 56.8 cm³/mol. The Labute approximate surface area is 91.9 Å². The van der Waals surface area contributed by atoms with Crippen LogP contribution in [0.15, 0.2) is 0 Å². The van der Waals surface area contributed by atoms with Gasteiger partial charge in [-0.2, -0.15) is 0 Å². The minimum Gasteiger partial charge on any atom is -0.481 e. The van der Waals surface area contributed by atoms with Gasteiger partial charge in [0.05, 0.1) is 11.5 Å². The van der Waals surface area contributed by atoms with Crippen molar-refractivity contribution in [2.75, 3.05) is 5.75 Å². The molecule has 0 aliphatic carbocycles. The number of nitrogens with zero attached hydrogens (tertiary/aromatic N) is 3. The van der Waals surface area contributed by atoms with Crippen LogP contribution in [0.5, 0.6) is 0 Å². The predicted octanol–water partition coefficient (Wildman–Crippen LogP) is 0.932. The van der Waals surface area contributed by atoms with Crippen LogP contribution in [0.2, 0.25) is 0 Å². The lowest BCUT2D eigenvalue weighted by Gasteiger charge is -2.14. The first-order valence-corrected chi connectivity index (χ1v) is 6.13. The minimum atomic E-state index is -0.779. The second kappa shape index (κ2) is 4.65. The van der Waals surface area contributed by atoms with Gasteiger partial charge in [-0.25, -0.2) is 0 Å². The molecule has 1 aromatic heterocycles. The van der Waals surface area contributed by atoms with Gasteiger partial charge >= 0.3 is 5.97 Å². The minimum absolute atomic E-state index is 0.127. The first-order valence-electron chi connectivity index (χ1n) is 4.98. The molecule has 0 aromatic carbocycles. The van der Waals surface area contributed by atoms with E-state index in [0.29, 0.717) is 5.75 Å². The topological polar surface area (TPSA) is 68.0 Å². The van der Waals surface area contributed by atoms with Crippen LogP contribution >= 0.6 is 11.8 Å². The Morgan fingerprint density at radius 1 is 1.47 bits per heavy atom. The highest BCUT2D eigenvalue weighted by Crippen LogP contribution is 2.17. The number of carboxylic acids is 1. The van der Waals surface area contributed by atoms with Gasteiger partial charge in [-0.3, -0.25) is 4.79 Å². The first kappa shape index (κ1) is 10.5. The number of aromatic nitrogens is 3. The summed E-state index contributed by atoms with van der Waals surface area (Å²) in [7, 11) is 0. The molecule has 2 heterocycles. The van der Waals surface area contributed by atoms with Crippen LogP contribution in [0.25, 0.3) is 0 Å². The lowest BCUT2D eigenvalue weighted by Crippen LogP contribution is -2.13. The lowest BCUT2D eigenvalue weighted by molar-refractivity contribution is -0.133. The van der Waals surface area contributed by atoms with E-state index in [2.05, 4.69) is 14.8 Å². The van der Waals surface area contributed by atoms with E-state index in [9.17, 15) is 4.79 Å². The molecule has 0 saturated carbocycles. The van der Waals surface area contributed by atoms with E-state index in [1.54, 1.807) is 0 Å². The van der Waals surface area contributed by atoms with Gasteiger partial charge in [0.25, 0.3) is 0 Å². The van der Waals surface area contributed by atoms with Crippen molar-refractivity contribution in [1.82, 2.24) is 14.8 Å². The van der Waals surface area contributed by atoms with Crippen LogP contribution in [0, 0.1) is 0 Å². The van der Waals surface area contributed by atoms with E-state index < -0.39 is 5.97 Å². The number of thioether (sulfide) groups is 1. The molecular formula is C9H13N3O2S. The van der Waals surface area contributed by atoms with Gasteiger partial charge in [0.15, 0.2) is 0 Å². The van der Waals surface area contributed by atoms with Crippen molar-refractivity contribution in [2.45, 2.75) is 31.6 Å². The molecule has 0 fully saturated rings. The van der Waals surface area contributed by atoms with E-state index in [0.717, 1.165) is 24.6 Å². The fourth-order valence-corrected chi connectivity index (χ4v) is 2.38. The Bertz CT molecular complexity index is 364. The van der Waals surface area contributed by atoms with E-state index in [1.807, 2.05) is 0 Å². The van der Waals surface area contributed by atoms with Crippen molar-refractivity contribution >= 4 is 17.7 Å². The Morgan fingerprint density at radius 3 is 3.13 bits per heavy atom. The van der Waals surface area contributed by atoms with Crippen molar-refractivity contribution in [3.05, 3.63) is 11.6 Å². The molecule has 0 amide bonds. The fourth-order valence-electron chi connectivity index (χ4n) is 1.70. The number of aryl methyl sites for hydroxylation is 1. The van der Waals surface area contributed by atoms with E-state index in [-0.39, 0.29) is 5.75 Å². The summed E-state index contributed by atoms with van der Waals surface area (Å²) in [5.41, 5.74) is 0. The van der Waals surface area contributed by atoms with Gasteiger partial charge in [0.1, 0.15) is 11.6 Å². The summed E-state index contributed by atoms with van der Waals surface area (Å²) in [6.07, 6.45) is 3.35. The molecule has 1 aromatic rings. The standard InChI is InChI=1S/C9H13N3O2S/c13-9(14)6-15-5-8-11-10-7-3-1-2-4-12(7)8/h1-6H2,(H,13,14). The zero-order valence-electron chi connectivity index (χ0n) is 8.35. The highest BCUT2D eigenvalue weighted by atomic mass is 32.2. The largest absolute Gasteiger partial charge is 0.481 e. The molecule has 2 rings (SSSR count). The van der Waals surface area contributed by atoms with Crippen molar-refractivity contribution in [3.8, 4) is 0 Å². The zero-order chi connectivity index (χ0) is 10.7. The van der Waals surface area contributed by atoms with Gasteiger partial charge in [-0.15, -0.1) is 22.0 Å². The van der Waals surface area contributed by atoms with Gasteiger partial charge in [-0.05, 0) is 12.8 Å². The second-order valence-electron chi connectivity index (χ2n) is 3.53. The first-order chi connectivity index (χ1) is 7.27. The molecule has 1 N–H and O–H groups in total. The van der Waals surface area contributed by atoms with Crippen LogP contribution < -0.4 is 0 Å². The summed E-state index contributed by atoms with van der Waals surface area (Å²) in [4.78, 5) is 10.4. The SMILES string of the molecule is O=C(O)CSCc1nnc2n1CCCC2. The average molecular weight is 227 g/mol. The summed E-state index contributed by atoms with van der Waals surface area (Å²) in [5, 5.41) is 16.7. The van der Waals surface area contributed by atoms with Crippen LogP contribution in [0.3, 0.4) is 0 Å². The lowest BCUT2D eigenvalue weighted by atomic mass is 10.2. The maximum Gasteiger partial charge on any atom is 0.313 e. The molecule has 0 saturated heterocycles. The second-order valence-corrected chi connectivity index (χ2v) is 4.51. The summed E-state index contributed by atoms with van der Waals surface area (Å²) in [6, 6.07) is 0. The summed E-state index contributed by atoms with van der Waals surface area (Å²) in [6.45, 7) is 0.977. The maximum atomic E-state index is 10.4. The van der Waals surface area contributed by atoms with Crippen molar-refractivity contribution in [3.63, 3.8) is 0 Å². The van der Waals surface area contributed by atoms with Crippen LogP contribution in [0.4, 0.5) is 0 Å². The third kappa shape index (κ3) is 2.50. The molecule has 0 bridgehead atoms. The highest BCUT2D eigenvalue weighted by molar-refractivity contribution is 7.99. The van der Waals surface area contributed by atoms with E-state index in [4.69, 9.17) is 5.11 Å². The molecule has 82 valence electrons. The molecular weight excluding hydrogens is 214 g/mol. The fraction of sp³-hybridized carbons (Fsp3) is 0.667. The maximum absolute atomic E-state index is 10.4. The van der Waals surface area contributed by atoms with E-state index >= 15 is 0 Å². The molecule has 0 atom stereocenters. The molecule has 0 unspecified atom stereocenters. The monoisotopic (exact) mass is 227 g/mol. The molecule has 1 aliphatic rings. The third-order valence-corrected chi connectivity index (χ3v) is 3.31. The number of hydrogen-bond donors (Lipinski definition) is 1. The van der Waals surface area contributed by atoms with Gasteiger partial charge in [-0.1, -0.05) is 0 Å². The Hall–Kier alpha value is -1.04. The Balaban J connectivity index is 1.96. The van der Waals surface area contributed by atoms with Crippen molar-refractivity contribution in [1.29, 1.82) is 0 Å². The van der Waals surface area contributed by atoms with Crippen LogP contribution in [-0.2, 0) is 23.5 Å².